The fraction of sp³-hybridized carbons (Fsp3) is 0.348. The monoisotopic (exact) mass is 470 g/mol. The van der Waals surface area contributed by atoms with Gasteiger partial charge in [-0.05, 0) is 31.0 Å². The van der Waals surface area contributed by atoms with Gasteiger partial charge < -0.3 is 9.47 Å². The molecule has 0 unspecified atom stereocenters. The molecule has 1 amide bonds. The van der Waals surface area contributed by atoms with Crippen molar-refractivity contribution in [1.29, 1.82) is 0 Å². The highest BCUT2D eigenvalue weighted by Crippen LogP contribution is 2.27. The van der Waals surface area contributed by atoms with Crippen molar-refractivity contribution < 1.29 is 13.2 Å². The van der Waals surface area contributed by atoms with Gasteiger partial charge in [0.05, 0.1) is 23.3 Å². The minimum Gasteiger partial charge on any atom is -0.308 e. The Morgan fingerprint density at radius 2 is 1.78 bits per heavy atom. The van der Waals surface area contributed by atoms with E-state index in [0.717, 1.165) is 17.1 Å². The Kier molecular flexibility index (Phi) is 6.95. The zero-order valence-electron chi connectivity index (χ0n) is 17.9. The second-order valence-corrected chi connectivity index (χ2v) is 10.9. The summed E-state index contributed by atoms with van der Waals surface area (Å²) in [6, 6.07) is 19.0. The molecule has 168 valence electrons. The molecule has 4 rings (SSSR count). The number of aromatic nitrogens is 3. The second kappa shape index (κ2) is 9.87. The highest BCUT2D eigenvalue weighted by atomic mass is 32.2. The van der Waals surface area contributed by atoms with Gasteiger partial charge in [-0.25, -0.2) is 8.42 Å². The number of hydrogen-bond acceptors (Lipinski definition) is 6. The highest BCUT2D eigenvalue weighted by molar-refractivity contribution is 7.99. The molecule has 1 atom stereocenters. The normalized spacial score (nSPS) is 17.3. The zero-order valence-corrected chi connectivity index (χ0v) is 19.6. The first kappa shape index (κ1) is 22.5. The molecule has 0 bridgehead atoms. The van der Waals surface area contributed by atoms with Crippen LogP contribution in [0.15, 0.2) is 65.8 Å². The number of anilines is 1. The number of rotatable bonds is 8. The third kappa shape index (κ3) is 5.21. The van der Waals surface area contributed by atoms with Crippen LogP contribution >= 0.6 is 11.8 Å². The Hall–Kier alpha value is -2.65. The Balaban J connectivity index is 1.50. The predicted molar refractivity (Wildman–Crippen MR) is 127 cm³/mol. The van der Waals surface area contributed by atoms with Gasteiger partial charge in [-0.1, -0.05) is 60.3 Å². The maximum atomic E-state index is 13.3. The van der Waals surface area contributed by atoms with E-state index in [4.69, 9.17) is 0 Å². The second-order valence-electron chi connectivity index (χ2n) is 7.75. The van der Waals surface area contributed by atoms with Crippen molar-refractivity contribution in [3.8, 4) is 0 Å². The van der Waals surface area contributed by atoms with Crippen LogP contribution in [0.3, 0.4) is 0 Å². The fourth-order valence-electron chi connectivity index (χ4n) is 3.97. The Labute approximate surface area is 192 Å². The summed E-state index contributed by atoms with van der Waals surface area (Å²) in [5.74, 6) is 1.02. The molecular formula is C23H26N4O3S2. The van der Waals surface area contributed by atoms with E-state index in [1.54, 1.807) is 4.90 Å². The molecule has 3 aromatic rings. The smallest absolute Gasteiger partial charge is 0.237 e. The SMILES string of the molecule is CCn1c(Cc2ccccc2)nnc1SCC(=O)N(c1ccccc1)[C@@H]1CCS(=O)(=O)C1. The standard InChI is InChI=1S/C23H26N4O3S2/c1-2-26-21(15-18-9-5-3-6-10-18)24-25-23(26)31-16-22(28)27(19-11-7-4-8-12-19)20-13-14-32(29,30)17-20/h3-12,20H,2,13-17H2,1H3/t20-/m1/s1. The molecule has 1 saturated heterocycles. The molecule has 2 aromatic carbocycles. The van der Waals surface area contributed by atoms with Crippen LogP contribution in [0, 0.1) is 0 Å². The van der Waals surface area contributed by atoms with Gasteiger partial charge in [0, 0.05) is 18.7 Å². The molecule has 0 radical (unpaired) electrons. The van der Waals surface area contributed by atoms with Crippen LogP contribution in [0.2, 0.25) is 0 Å². The summed E-state index contributed by atoms with van der Waals surface area (Å²) >= 11 is 1.34. The molecule has 7 nitrogen and oxygen atoms in total. The molecule has 1 fully saturated rings. The molecule has 1 aromatic heterocycles. The summed E-state index contributed by atoms with van der Waals surface area (Å²) in [4.78, 5) is 14.9. The highest BCUT2D eigenvalue weighted by Gasteiger charge is 2.35. The largest absolute Gasteiger partial charge is 0.308 e. The van der Waals surface area contributed by atoms with Crippen molar-refractivity contribution >= 4 is 33.2 Å². The molecule has 0 N–H and O–H groups in total. The van der Waals surface area contributed by atoms with Gasteiger partial charge in [0.2, 0.25) is 5.91 Å². The average Bonchev–Trinajstić information content (AvgIpc) is 3.35. The first-order chi connectivity index (χ1) is 15.5. The fourth-order valence-corrected chi connectivity index (χ4v) is 6.55. The third-order valence-corrected chi connectivity index (χ3v) is 8.22. The van der Waals surface area contributed by atoms with Crippen LogP contribution in [0.5, 0.6) is 0 Å². The lowest BCUT2D eigenvalue weighted by Gasteiger charge is -2.28. The zero-order chi connectivity index (χ0) is 22.6. The number of benzene rings is 2. The van der Waals surface area contributed by atoms with Crippen LogP contribution < -0.4 is 4.90 Å². The van der Waals surface area contributed by atoms with E-state index in [1.165, 1.54) is 11.8 Å². The molecule has 1 aliphatic heterocycles. The summed E-state index contributed by atoms with van der Waals surface area (Å²) in [6.45, 7) is 2.73. The van der Waals surface area contributed by atoms with Gasteiger partial charge in [0.15, 0.2) is 15.0 Å². The van der Waals surface area contributed by atoms with E-state index in [2.05, 4.69) is 22.3 Å². The van der Waals surface area contributed by atoms with Crippen molar-refractivity contribution in [3.05, 3.63) is 72.1 Å². The number of sulfone groups is 1. The molecule has 0 saturated carbocycles. The van der Waals surface area contributed by atoms with Crippen LogP contribution in [-0.2, 0) is 27.6 Å². The summed E-state index contributed by atoms with van der Waals surface area (Å²) in [5, 5.41) is 9.36. The van der Waals surface area contributed by atoms with Gasteiger partial charge in [-0.3, -0.25) is 4.79 Å². The van der Waals surface area contributed by atoms with Crippen molar-refractivity contribution in [3.63, 3.8) is 0 Å². The average molecular weight is 471 g/mol. The Morgan fingerprint density at radius 3 is 2.41 bits per heavy atom. The number of amides is 1. The molecule has 0 aliphatic carbocycles. The quantitative estimate of drug-likeness (QED) is 0.470. The first-order valence-corrected chi connectivity index (χ1v) is 13.4. The van der Waals surface area contributed by atoms with E-state index in [0.29, 0.717) is 24.5 Å². The molecule has 2 heterocycles. The Morgan fingerprint density at radius 1 is 1.09 bits per heavy atom. The number of nitrogens with zero attached hydrogens (tertiary/aromatic N) is 4. The molecular weight excluding hydrogens is 444 g/mol. The molecule has 0 spiro atoms. The van der Waals surface area contributed by atoms with E-state index in [9.17, 15) is 13.2 Å². The maximum absolute atomic E-state index is 13.3. The van der Waals surface area contributed by atoms with Crippen molar-refractivity contribution in [2.75, 3.05) is 22.2 Å². The van der Waals surface area contributed by atoms with E-state index in [1.807, 2.05) is 60.0 Å². The lowest BCUT2D eigenvalue weighted by Crippen LogP contribution is -2.42. The number of carbonyl (C=O) groups is 1. The Bertz CT molecular complexity index is 1160. The lowest BCUT2D eigenvalue weighted by atomic mass is 10.1. The lowest BCUT2D eigenvalue weighted by molar-refractivity contribution is -0.116. The number of thioether (sulfide) groups is 1. The summed E-state index contributed by atoms with van der Waals surface area (Å²) in [6.07, 6.45) is 1.13. The number of carbonyl (C=O) groups excluding carboxylic acids is 1. The van der Waals surface area contributed by atoms with Gasteiger partial charge in [0.1, 0.15) is 5.82 Å². The summed E-state index contributed by atoms with van der Waals surface area (Å²) < 4.78 is 26.1. The van der Waals surface area contributed by atoms with Crippen LogP contribution in [0.4, 0.5) is 5.69 Å². The molecule has 32 heavy (non-hydrogen) atoms. The van der Waals surface area contributed by atoms with Gasteiger partial charge in [-0.2, -0.15) is 0 Å². The van der Waals surface area contributed by atoms with Gasteiger partial charge in [-0.15, -0.1) is 10.2 Å². The van der Waals surface area contributed by atoms with Gasteiger partial charge >= 0.3 is 0 Å². The summed E-state index contributed by atoms with van der Waals surface area (Å²) in [7, 11) is -3.11. The molecule has 9 heteroatoms. The van der Waals surface area contributed by atoms with Crippen molar-refractivity contribution in [2.45, 2.75) is 37.5 Å². The number of hydrogen-bond donors (Lipinski definition) is 0. The van der Waals surface area contributed by atoms with Crippen LogP contribution in [-0.4, -0.2) is 52.4 Å². The van der Waals surface area contributed by atoms with E-state index in [-0.39, 0.29) is 29.2 Å². The van der Waals surface area contributed by atoms with Crippen LogP contribution in [0.25, 0.3) is 0 Å². The third-order valence-electron chi connectivity index (χ3n) is 5.52. The van der Waals surface area contributed by atoms with E-state index < -0.39 is 9.84 Å². The first-order valence-electron chi connectivity index (χ1n) is 10.6. The maximum Gasteiger partial charge on any atom is 0.237 e. The minimum absolute atomic E-state index is 0.00463. The topological polar surface area (TPSA) is 85.2 Å². The minimum atomic E-state index is -3.11. The summed E-state index contributed by atoms with van der Waals surface area (Å²) in [5.41, 5.74) is 1.88. The molecule has 1 aliphatic rings. The van der Waals surface area contributed by atoms with Crippen molar-refractivity contribution in [1.82, 2.24) is 14.8 Å². The van der Waals surface area contributed by atoms with Crippen molar-refractivity contribution in [2.24, 2.45) is 0 Å². The van der Waals surface area contributed by atoms with Gasteiger partial charge in [0.25, 0.3) is 0 Å². The van der Waals surface area contributed by atoms with Crippen LogP contribution in [0.1, 0.15) is 24.7 Å². The predicted octanol–water partition coefficient (Wildman–Crippen LogP) is 3.20. The number of para-hydroxylation sites is 1. The van der Waals surface area contributed by atoms with E-state index >= 15 is 0 Å².